The molecule has 5 heteroatoms. The summed E-state index contributed by atoms with van der Waals surface area (Å²) in [6, 6.07) is -0.845. The normalized spacial score (nSPS) is 25.5. The summed E-state index contributed by atoms with van der Waals surface area (Å²) in [7, 11) is 0. The molecule has 0 aliphatic heterocycles. The van der Waals surface area contributed by atoms with Crippen molar-refractivity contribution >= 4 is 12.1 Å². The molecule has 110 valence electrons. The number of carboxylic acids is 1. The number of aliphatic carboxylic acids is 1. The fourth-order valence-corrected chi connectivity index (χ4v) is 2.43. The van der Waals surface area contributed by atoms with E-state index in [1.165, 1.54) is 0 Å². The van der Waals surface area contributed by atoms with E-state index in [-0.39, 0.29) is 5.92 Å². The molecule has 1 amide bonds. The van der Waals surface area contributed by atoms with Gasteiger partial charge in [0.05, 0.1) is 0 Å². The second kappa shape index (κ2) is 6.26. The van der Waals surface area contributed by atoms with Gasteiger partial charge in [0.25, 0.3) is 0 Å². The molecule has 1 saturated carbocycles. The number of rotatable bonds is 3. The average Bonchev–Trinajstić information content (AvgIpc) is 2.24. The molecule has 5 nitrogen and oxygen atoms in total. The maximum absolute atomic E-state index is 11.7. The summed E-state index contributed by atoms with van der Waals surface area (Å²) in [4.78, 5) is 23.0. The zero-order chi connectivity index (χ0) is 14.6. The summed E-state index contributed by atoms with van der Waals surface area (Å²) in [6.07, 6.45) is 3.06. The third-order valence-corrected chi connectivity index (χ3v) is 3.47. The van der Waals surface area contributed by atoms with Crippen molar-refractivity contribution in [1.29, 1.82) is 0 Å². The molecule has 1 fully saturated rings. The molecule has 0 radical (unpaired) electrons. The molecule has 0 saturated heterocycles. The Balaban J connectivity index is 2.58. The highest BCUT2D eigenvalue weighted by molar-refractivity contribution is 5.80. The predicted octanol–water partition coefficient (Wildman–Crippen LogP) is 2.79. The van der Waals surface area contributed by atoms with E-state index in [2.05, 4.69) is 12.2 Å². The van der Waals surface area contributed by atoms with E-state index in [1.807, 2.05) is 0 Å². The van der Waals surface area contributed by atoms with Crippen molar-refractivity contribution in [3.8, 4) is 0 Å². The Labute approximate surface area is 114 Å². The van der Waals surface area contributed by atoms with Crippen LogP contribution in [0.4, 0.5) is 4.79 Å². The molecule has 0 heterocycles. The minimum Gasteiger partial charge on any atom is -0.480 e. The van der Waals surface area contributed by atoms with E-state index in [1.54, 1.807) is 20.8 Å². The third kappa shape index (κ3) is 5.49. The molecule has 19 heavy (non-hydrogen) atoms. The maximum atomic E-state index is 11.7. The maximum Gasteiger partial charge on any atom is 0.408 e. The van der Waals surface area contributed by atoms with E-state index in [0.29, 0.717) is 5.92 Å². The molecule has 1 aliphatic rings. The monoisotopic (exact) mass is 271 g/mol. The van der Waals surface area contributed by atoms with Crippen LogP contribution >= 0.6 is 0 Å². The Morgan fingerprint density at radius 1 is 1.21 bits per heavy atom. The van der Waals surface area contributed by atoms with Gasteiger partial charge in [-0.15, -0.1) is 0 Å². The summed E-state index contributed by atoms with van der Waals surface area (Å²) in [5.41, 5.74) is -0.617. The van der Waals surface area contributed by atoms with Crippen LogP contribution < -0.4 is 5.32 Å². The second-order valence-electron chi connectivity index (χ2n) is 6.48. The van der Waals surface area contributed by atoms with E-state index < -0.39 is 23.7 Å². The minimum absolute atomic E-state index is 0.00113. The van der Waals surface area contributed by atoms with Gasteiger partial charge in [0.1, 0.15) is 11.6 Å². The molecule has 0 spiro atoms. The highest BCUT2D eigenvalue weighted by atomic mass is 16.6. The van der Waals surface area contributed by atoms with Crippen LogP contribution in [0.15, 0.2) is 0 Å². The number of hydrogen-bond donors (Lipinski definition) is 2. The average molecular weight is 271 g/mol. The SMILES string of the molecule is CC(C)(C)OC(=O)N[C@H](C(=O)O)[C@H]1CC[C@@H](C)CC1. The first-order valence-corrected chi connectivity index (χ1v) is 6.91. The Morgan fingerprint density at radius 3 is 2.16 bits per heavy atom. The summed E-state index contributed by atoms with van der Waals surface area (Å²) >= 11 is 0. The molecule has 0 aromatic heterocycles. The Morgan fingerprint density at radius 2 is 1.74 bits per heavy atom. The van der Waals surface area contributed by atoms with Gasteiger partial charge in [-0.1, -0.05) is 19.8 Å². The molecule has 2 N–H and O–H groups in total. The van der Waals surface area contributed by atoms with Crippen LogP contribution in [0.25, 0.3) is 0 Å². The first kappa shape index (κ1) is 15.8. The predicted molar refractivity (Wildman–Crippen MR) is 71.9 cm³/mol. The van der Waals surface area contributed by atoms with Crippen LogP contribution in [0.5, 0.6) is 0 Å². The van der Waals surface area contributed by atoms with E-state index in [4.69, 9.17) is 4.74 Å². The van der Waals surface area contributed by atoms with Gasteiger partial charge < -0.3 is 15.2 Å². The van der Waals surface area contributed by atoms with Crippen molar-refractivity contribution in [2.75, 3.05) is 0 Å². The van der Waals surface area contributed by atoms with E-state index >= 15 is 0 Å². The van der Waals surface area contributed by atoms with Crippen molar-refractivity contribution in [2.45, 2.75) is 65.0 Å². The van der Waals surface area contributed by atoms with Gasteiger partial charge in [-0.25, -0.2) is 9.59 Å². The number of alkyl carbamates (subject to hydrolysis) is 1. The largest absolute Gasteiger partial charge is 0.480 e. The summed E-state index contributed by atoms with van der Waals surface area (Å²) in [6.45, 7) is 7.44. The highest BCUT2D eigenvalue weighted by Gasteiger charge is 2.33. The van der Waals surface area contributed by atoms with Crippen LogP contribution in [0.1, 0.15) is 53.4 Å². The van der Waals surface area contributed by atoms with Crippen molar-refractivity contribution in [3.63, 3.8) is 0 Å². The van der Waals surface area contributed by atoms with Gasteiger partial charge in [0, 0.05) is 0 Å². The Kier molecular flexibility index (Phi) is 5.20. The highest BCUT2D eigenvalue weighted by Crippen LogP contribution is 2.30. The molecule has 0 aromatic rings. The number of carboxylic acid groups (broad SMARTS) is 1. The van der Waals surface area contributed by atoms with Crippen molar-refractivity contribution in [2.24, 2.45) is 11.8 Å². The van der Waals surface area contributed by atoms with Crippen LogP contribution in [0.2, 0.25) is 0 Å². The number of ether oxygens (including phenoxy) is 1. The summed E-state index contributed by atoms with van der Waals surface area (Å²) in [5.74, 6) is -0.334. The summed E-state index contributed by atoms with van der Waals surface area (Å²) < 4.78 is 5.12. The zero-order valence-electron chi connectivity index (χ0n) is 12.2. The zero-order valence-corrected chi connectivity index (χ0v) is 12.2. The second-order valence-corrected chi connectivity index (χ2v) is 6.48. The number of nitrogens with one attached hydrogen (secondary N) is 1. The van der Waals surface area contributed by atoms with Gasteiger partial charge in [0.2, 0.25) is 0 Å². The van der Waals surface area contributed by atoms with Crippen LogP contribution in [0, 0.1) is 11.8 Å². The molecule has 1 atom stereocenters. The van der Waals surface area contributed by atoms with Crippen molar-refractivity contribution < 1.29 is 19.4 Å². The number of carbonyl (C=O) groups excluding carboxylic acids is 1. The van der Waals surface area contributed by atoms with Gasteiger partial charge in [-0.05, 0) is 45.4 Å². The van der Waals surface area contributed by atoms with Gasteiger partial charge in [-0.2, -0.15) is 0 Å². The quantitative estimate of drug-likeness (QED) is 0.827. The van der Waals surface area contributed by atoms with Crippen LogP contribution in [-0.2, 0) is 9.53 Å². The van der Waals surface area contributed by atoms with Gasteiger partial charge >= 0.3 is 12.1 Å². The molecule has 0 bridgehead atoms. The fourth-order valence-electron chi connectivity index (χ4n) is 2.43. The molecule has 0 aromatic carbocycles. The van der Waals surface area contributed by atoms with E-state index in [0.717, 1.165) is 25.7 Å². The lowest BCUT2D eigenvalue weighted by molar-refractivity contribution is -0.141. The standard InChI is InChI=1S/C14H25NO4/c1-9-5-7-10(8-6-9)11(12(16)17)15-13(18)19-14(2,3)4/h9-11H,5-8H2,1-4H3,(H,15,18)(H,16,17)/t9-,10+,11-/m0/s1. The molecule has 1 aliphatic carbocycles. The lowest BCUT2D eigenvalue weighted by atomic mass is 9.79. The van der Waals surface area contributed by atoms with Gasteiger partial charge in [-0.3, -0.25) is 0 Å². The van der Waals surface area contributed by atoms with E-state index in [9.17, 15) is 14.7 Å². The van der Waals surface area contributed by atoms with Crippen LogP contribution in [0.3, 0.4) is 0 Å². The smallest absolute Gasteiger partial charge is 0.408 e. The minimum atomic E-state index is -0.981. The van der Waals surface area contributed by atoms with Gasteiger partial charge in [0.15, 0.2) is 0 Å². The fraction of sp³-hybridized carbons (Fsp3) is 0.857. The first-order valence-electron chi connectivity index (χ1n) is 6.91. The lowest BCUT2D eigenvalue weighted by Gasteiger charge is -2.31. The Bertz CT molecular complexity index is 327. The number of hydrogen-bond acceptors (Lipinski definition) is 3. The van der Waals surface area contributed by atoms with Crippen molar-refractivity contribution in [3.05, 3.63) is 0 Å². The molecular weight excluding hydrogens is 246 g/mol. The van der Waals surface area contributed by atoms with Crippen molar-refractivity contribution in [1.82, 2.24) is 5.32 Å². The molecule has 0 unspecified atom stereocenters. The number of amides is 1. The molecule has 1 rings (SSSR count). The first-order chi connectivity index (χ1) is 8.69. The lowest BCUT2D eigenvalue weighted by Crippen LogP contribution is -2.48. The third-order valence-electron chi connectivity index (χ3n) is 3.47. The van der Waals surface area contributed by atoms with Crippen LogP contribution in [-0.4, -0.2) is 28.8 Å². The Hall–Kier alpha value is -1.26. The summed E-state index contributed by atoms with van der Waals surface area (Å²) in [5, 5.41) is 11.8. The number of carbonyl (C=O) groups is 2. The topological polar surface area (TPSA) is 75.6 Å². The molecular formula is C14H25NO4.